The van der Waals surface area contributed by atoms with E-state index in [1.807, 2.05) is 0 Å². The van der Waals surface area contributed by atoms with Crippen molar-refractivity contribution in [2.24, 2.45) is 4.99 Å². The number of rotatable bonds is 3. The van der Waals surface area contributed by atoms with E-state index in [9.17, 15) is 4.79 Å². The molecule has 0 radical (unpaired) electrons. The van der Waals surface area contributed by atoms with Crippen LogP contribution in [0.25, 0.3) is 11.6 Å². The van der Waals surface area contributed by atoms with Gasteiger partial charge >= 0.3 is 5.97 Å². The first-order chi connectivity index (χ1) is 9.67. The minimum Gasteiger partial charge on any atom is -0.473 e. The van der Waals surface area contributed by atoms with Gasteiger partial charge in [0, 0.05) is 6.92 Å². The van der Waals surface area contributed by atoms with Crippen molar-refractivity contribution in [1.29, 1.82) is 0 Å². The van der Waals surface area contributed by atoms with Gasteiger partial charge in [-0.05, 0) is 0 Å². The highest BCUT2D eigenvalue weighted by molar-refractivity contribution is 5.96. The van der Waals surface area contributed by atoms with E-state index in [1.54, 1.807) is 6.92 Å². The molecule has 0 fully saturated rings. The van der Waals surface area contributed by atoms with E-state index in [1.165, 1.54) is 19.6 Å². The molecule has 1 aliphatic heterocycles. The molecule has 0 saturated carbocycles. The smallest absolute Gasteiger partial charge is 0.334 e. The van der Waals surface area contributed by atoms with Crippen LogP contribution in [0.3, 0.4) is 0 Å². The molecule has 0 aromatic carbocycles. The average Bonchev–Trinajstić information content (AvgIpc) is 3.16. The lowest BCUT2D eigenvalue weighted by Gasteiger charge is -1.99. The van der Waals surface area contributed by atoms with Crippen molar-refractivity contribution in [2.75, 3.05) is 13.7 Å². The number of esters is 1. The van der Waals surface area contributed by atoms with Crippen molar-refractivity contribution in [3.05, 3.63) is 24.1 Å². The zero-order valence-electron chi connectivity index (χ0n) is 10.8. The molecule has 0 aliphatic carbocycles. The molecule has 2 aromatic rings. The van der Waals surface area contributed by atoms with Crippen LogP contribution in [-0.4, -0.2) is 41.6 Å². The number of hydrogen-bond donors (Lipinski definition) is 0. The molecule has 20 heavy (non-hydrogen) atoms. The Balaban J connectivity index is 1.82. The third-order valence-electron chi connectivity index (χ3n) is 2.69. The van der Waals surface area contributed by atoms with Gasteiger partial charge in [-0.15, -0.1) is 0 Å². The number of nitrogens with zero attached hydrogens (tertiary/aromatic N) is 3. The summed E-state index contributed by atoms with van der Waals surface area (Å²) in [5, 5.41) is 0. The molecule has 104 valence electrons. The summed E-state index contributed by atoms with van der Waals surface area (Å²) in [7, 11) is 1.30. The van der Waals surface area contributed by atoms with E-state index in [0.717, 1.165) is 0 Å². The second kappa shape index (κ2) is 4.80. The van der Waals surface area contributed by atoms with Crippen LogP contribution in [0.2, 0.25) is 0 Å². The van der Waals surface area contributed by atoms with Crippen LogP contribution in [0, 0.1) is 6.92 Å². The highest BCUT2D eigenvalue weighted by Crippen LogP contribution is 2.20. The number of aryl methyl sites for hydroxylation is 1. The van der Waals surface area contributed by atoms with Crippen LogP contribution in [-0.2, 0) is 14.3 Å². The zero-order valence-corrected chi connectivity index (χ0v) is 10.8. The van der Waals surface area contributed by atoms with Crippen molar-refractivity contribution in [3.8, 4) is 11.6 Å². The van der Waals surface area contributed by atoms with E-state index < -0.39 is 12.0 Å². The normalized spacial score (nSPS) is 17.7. The maximum atomic E-state index is 11.3. The second-order valence-corrected chi connectivity index (χ2v) is 4.07. The Morgan fingerprint density at radius 3 is 2.80 bits per heavy atom. The number of hydrogen-bond acceptors (Lipinski definition) is 8. The Bertz CT molecular complexity index is 672. The molecule has 8 heteroatoms. The highest BCUT2D eigenvalue weighted by Gasteiger charge is 2.29. The van der Waals surface area contributed by atoms with Gasteiger partial charge in [-0.3, -0.25) is 0 Å². The van der Waals surface area contributed by atoms with Gasteiger partial charge in [-0.25, -0.2) is 19.8 Å². The van der Waals surface area contributed by atoms with Gasteiger partial charge in [0.05, 0.1) is 7.11 Å². The topological polar surface area (TPSA) is 100.0 Å². The molecule has 0 bridgehead atoms. The predicted molar refractivity (Wildman–Crippen MR) is 65.0 cm³/mol. The van der Waals surface area contributed by atoms with Crippen molar-refractivity contribution in [2.45, 2.75) is 13.0 Å². The molecule has 1 atom stereocenters. The summed E-state index contributed by atoms with van der Waals surface area (Å²) in [5.41, 5.74) is 0.879. The molecule has 0 saturated heterocycles. The van der Waals surface area contributed by atoms with Gasteiger partial charge in [0.2, 0.25) is 11.8 Å². The summed E-state index contributed by atoms with van der Waals surface area (Å²) in [6.07, 6.45) is 2.83. The van der Waals surface area contributed by atoms with Gasteiger partial charge in [0.25, 0.3) is 0 Å². The van der Waals surface area contributed by atoms with Gasteiger partial charge in [-0.1, -0.05) is 0 Å². The van der Waals surface area contributed by atoms with Gasteiger partial charge in [0.15, 0.2) is 23.3 Å². The Hall–Kier alpha value is -2.64. The van der Waals surface area contributed by atoms with Crippen molar-refractivity contribution < 1.29 is 23.1 Å². The third-order valence-corrected chi connectivity index (χ3v) is 2.69. The summed E-state index contributed by atoms with van der Waals surface area (Å²) < 4.78 is 20.3. The number of methoxy groups -OCH3 is 1. The number of aliphatic imine (C=N–C) groups is 1. The van der Waals surface area contributed by atoms with Crippen LogP contribution in [0.15, 0.2) is 26.4 Å². The zero-order chi connectivity index (χ0) is 14.1. The highest BCUT2D eigenvalue weighted by atomic mass is 16.5. The molecule has 0 unspecified atom stereocenters. The van der Waals surface area contributed by atoms with Gasteiger partial charge in [0.1, 0.15) is 19.1 Å². The Labute approximate surface area is 113 Å². The summed E-state index contributed by atoms with van der Waals surface area (Å²) >= 11 is 0. The quantitative estimate of drug-likeness (QED) is 0.770. The Morgan fingerprint density at radius 1 is 1.30 bits per heavy atom. The van der Waals surface area contributed by atoms with Crippen molar-refractivity contribution in [1.82, 2.24) is 9.97 Å². The summed E-state index contributed by atoms with van der Waals surface area (Å²) in [5.74, 6) is 0.607. The molecule has 0 N–H and O–H groups in total. The molecular weight excluding hydrogens is 266 g/mol. The predicted octanol–water partition coefficient (Wildman–Crippen LogP) is 0.956. The molecule has 0 spiro atoms. The minimum absolute atomic E-state index is 0.132. The van der Waals surface area contributed by atoms with E-state index in [-0.39, 0.29) is 12.5 Å². The minimum atomic E-state index is -0.663. The van der Waals surface area contributed by atoms with Crippen LogP contribution in [0.5, 0.6) is 0 Å². The summed E-state index contributed by atoms with van der Waals surface area (Å²) in [4.78, 5) is 23.7. The maximum Gasteiger partial charge on any atom is 0.334 e. The second-order valence-electron chi connectivity index (χ2n) is 4.07. The van der Waals surface area contributed by atoms with E-state index in [0.29, 0.717) is 23.2 Å². The molecule has 3 heterocycles. The number of ether oxygens (including phenoxy) is 2. The molecule has 3 rings (SSSR count). The van der Waals surface area contributed by atoms with Crippen molar-refractivity contribution in [3.63, 3.8) is 0 Å². The maximum absolute atomic E-state index is 11.3. The summed E-state index contributed by atoms with van der Waals surface area (Å²) in [6.45, 7) is 1.85. The number of carbonyl (C=O) groups is 1. The SMILES string of the molecule is COC(=O)[C@@H]1COC(c2coc(-c3coc(C)n3)n2)=N1. The Kier molecular flexibility index (Phi) is 2.97. The fraction of sp³-hybridized carbons (Fsp3) is 0.333. The monoisotopic (exact) mass is 277 g/mol. The van der Waals surface area contributed by atoms with E-state index >= 15 is 0 Å². The number of aromatic nitrogens is 2. The van der Waals surface area contributed by atoms with E-state index in [4.69, 9.17) is 13.6 Å². The molecule has 0 amide bonds. The van der Waals surface area contributed by atoms with Crippen LogP contribution in [0.4, 0.5) is 0 Å². The summed E-state index contributed by atoms with van der Waals surface area (Å²) in [6, 6.07) is -0.663. The fourth-order valence-electron chi connectivity index (χ4n) is 1.72. The molecular formula is C12H11N3O5. The first-order valence-corrected chi connectivity index (χ1v) is 5.84. The lowest BCUT2D eigenvalue weighted by atomic mass is 10.3. The first kappa shape index (κ1) is 12.4. The molecule has 8 nitrogen and oxygen atoms in total. The van der Waals surface area contributed by atoms with Crippen LogP contribution >= 0.6 is 0 Å². The standard InChI is InChI=1S/C12H11N3O5/c1-6-13-7(3-18-6)10-14-8(4-19-10)11-15-9(5-20-11)12(16)17-2/h3-4,9H,5H2,1-2H3/t9-/m0/s1. The largest absolute Gasteiger partial charge is 0.473 e. The lowest BCUT2D eigenvalue weighted by molar-refractivity contribution is -0.142. The fourth-order valence-corrected chi connectivity index (χ4v) is 1.72. The first-order valence-electron chi connectivity index (χ1n) is 5.84. The van der Waals surface area contributed by atoms with E-state index in [2.05, 4.69) is 19.7 Å². The molecule has 2 aromatic heterocycles. The number of carbonyl (C=O) groups excluding carboxylic acids is 1. The Morgan fingerprint density at radius 2 is 2.10 bits per heavy atom. The van der Waals surface area contributed by atoms with Crippen LogP contribution in [0.1, 0.15) is 11.6 Å². The van der Waals surface area contributed by atoms with Crippen molar-refractivity contribution >= 4 is 11.9 Å². The average molecular weight is 277 g/mol. The van der Waals surface area contributed by atoms with Gasteiger partial charge in [-0.2, -0.15) is 0 Å². The molecule has 1 aliphatic rings. The van der Waals surface area contributed by atoms with Crippen LogP contribution < -0.4 is 0 Å². The third kappa shape index (κ3) is 2.15. The number of oxazole rings is 2. The van der Waals surface area contributed by atoms with Gasteiger partial charge < -0.3 is 18.3 Å². The lowest BCUT2D eigenvalue weighted by Crippen LogP contribution is -2.21.